The highest BCUT2D eigenvalue weighted by Crippen LogP contribution is 2.64. The summed E-state index contributed by atoms with van der Waals surface area (Å²) >= 11 is 0. The van der Waals surface area contributed by atoms with E-state index < -0.39 is 5.41 Å². The van der Waals surface area contributed by atoms with Crippen LogP contribution < -0.4 is 4.90 Å². The Kier molecular flexibility index (Phi) is 5.53. The monoisotopic (exact) mass is 575 g/mol. The Labute approximate surface area is 265 Å². The molecule has 6 aromatic carbocycles. The van der Waals surface area contributed by atoms with Crippen molar-refractivity contribution in [2.24, 2.45) is 0 Å². The van der Waals surface area contributed by atoms with Crippen molar-refractivity contribution in [3.63, 3.8) is 0 Å². The van der Waals surface area contributed by atoms with Gasteiger partial charge in [-0.25, -0.2) is 0 Å². The van der Waals surface area contributed by atoms with Gasteiger partial charge in [-0.3, -0.25) is 0 Å². The Morgan fingerprint density at radius 3 is 1.71 bits per heavy atom. The van der Waals surface area contributed by atoms with Gasteiger partial charge in [-0.2, -0.15) is 0 Å². The predicted molar refractivity (Wildman–Crippen MR) is 187 cm³/mol. The van der Waals surface area contributed by atoms with Gasteiger partial charge in [0.1, 0.15) is 0 Å². The first-order chi connectivity index (χ1) is 22.1. The second-order valence-electron chi connectivity index (χ2n) is 12.6. The third-order valence-electron chi connectivity index (χ3n) is 10.5. The molecule has 2 unspecified atom stereocenters. The normalized spacial score (nSPS) is 20.4. The second kappa shape index (κ2) is 9.55. The molecule has 0 saturated carbocycles. The second-order valence-corrected chi connectivity index (χ2v) is 12.6. The van der Waals surface area contributed by atoms with Crippen molar-refractivity contribution in [1.29, 1.82) is 0 Å². The molecule has 6 aromatic rings. The fourth-order valence-corrected chi connectivity index (χ4v) is 8.83. The molecule has 3 aliphatic rings. The standard InChI is InChI=1S/C44H33N/c1-30-27-32-15-9-11-21-37(32)43(30)39-23-13-14-24-40(39)44(31(2)28-33-16-10-12-22-38(33)44)42-29-36(25-26-41(42)43)45(34-17-5-3-6-18-34)35-19-7-4-8-20-35/h3-27,29H,2,28H2,1H3. The van der Waals surface area contributed by atoms with Crippen molar-refractivity contribution in [2.75, 3.05) is 4.90 Å². The molecular formula is C44H33N. The van der Waals surface area contributed by atoms with E-state index in [9.17, 15) is 0 Å². The summed E-state index contributed by atoms with van der Waals surface area (Å²) in [6, 6.07) is 55.8. The van der Waals surface area contributed by atoms with Crippen molar-refractivity contribution in [2.45, 2.75) is 24.2 Å². The van der Waals surface area contributed by atoms with Crippen LogP contribution in [0.15, 0.2) is 169 Å². The van der Waals surface area contributed by atoms with Gasteiger partial charge in [0, 0.05) is 17.1 Å². The first-order valence-electron chi connectivity index (χ1n) is 15.9. The average Bonchev–Trinajstić information content (AvgIpc) is 3.55. The van der Waals surface area contributed by atoms with E-state index in [0.717, 1.165) is 23.5 Å². The van der Waals surface area contributed by atoms with E-state index in [1.165, 1.54) is 55.7 Å². The highest BCUT2D eigenvalue weighted by molar-refractivity contribution is 5.86. The lowest BCUT2D eigenvalue weighted by Gasteiger charge is -2.49. The smallest absolute Gasteiger partial charge is 0.0674 e. The molecule has 0 radical (unpaired) electrons. The molecule has 214 valence electrons. The molecule has 45 heavy (non-hydrogen) atoms. The van der Waals surface area contributed by atoms with E-state index in [1.54, 1.807) is 0 Å². The molecule has 0 aromatic heterocycles. The van der Waals surface area contributed by atoms with Crippen LogP contribution in [0.1, 0.15) is 51.4 Å². The van der Waals surface area contributed by atoms with Crippen LogP contribution in [0.4, 0.5) is 17.1 Å². The zero-order valence-corrected chi connectivity index (χ0v) is 25.4. The molecule has 0 N–H and O–H groups in total. The number of rotatable bonds is 3. The predicted octanol–water partition coefficient (Wildman–Crippen LogP) is 10.7. The lowest BCUT2D eigenvalue weighted by molar-refractivity contribution is 0.617. The van der Waals surface area contributed by atoms with Gasteiger partial charge in [-0.05, 0) is 94.3 Å². The minimum atomic E-state index is -0.458. The van der Waals surface area contributed by atoms with Crippen LogP contribution in [0, 0.1) is 0 Å². The number of hydrogen-bond donors (Lipinski definition) is 0. The van der Waals surface area contributed by atoms with Gasteiger partial charge in [-0.1, -0.05) is 139 Å². The largest absolute Gasteiger partial charge is 0.310 e. The number of benzene rings is 6. The highest BCUT2D eigenvalue weighted by atomic mass is 15.1. The molecule has 9 rings (SSSR count). The number of anilines is 3. The van der Waals surface area contributed by atoms with Crippen molar-refractivity contribution in [3.05, 3.63) is 214 Å². The summed E-state index contributed by atoms with van der Waals surface area (Å²) in [5.74, 6) is 0. The maximum Gasteiger partial charge on any atom is 0.0674 e. The van der Waals surface area contributed by atoms with E-state index in [4.69, 9.17) is 6.58 Å². The molecule has 0 saturated heterocycles. The van der Waals surface area contributed by atoms with Crippen LogP contribution in [0.25, 0.3) is 6.08 Å². The van der Waals surface area contributed by atoms with Gasteiger partial charge in [0.05, 0.1) is 10.8 Å². The molecule has 0 bridgehead atoms. The molecule has 2 atom stereocenters. The van der Waals surface area contributed by atoms with Crippen LogP contribution in [0.5, 0.6) is 0 Å². The van der Waals surface area contributed by atoms with Crippen molar-refractivity contribution < 1.29 is 0 Å². The summed E-state index contributed by atoms with van der Waals surface area (Å²) in [7, 11) is 0. The van der Waals surface area contributed by atoms with Gasteiger partial charge in [-0.15, -0.1) is 0 Å². The third kappa shape index (κ3) is 3.33. The maximum absolute atomic E-state index is 4.88. The molecule has 3 aliphatic carbocycles. The van der Waals surface area contributed by atoms with Crippen molar-refractivity contribution in [1.82, 2.24) is 0 Å². The van der Waals surface area contributed by atoms with Crippen LogP contribution in [-0.2, 0) is 17.3 Å². The Morgan fingerprint density at radius 2 is 1.02 bits per heavy atom. The zero-order chi connectivity index (χ0) is 30.2. The van der Waals surface area contributed by atoms with Gasteiger partial charge >= 0.3 is 0 Å². The summed E-state index contributed by atoms with van der Waals surface area (Å²) in [5, 5.41) is 0. The van der Waals surface area contributed by atoms with Crippen molar-refractivity contribution >= 4 is 23.1 Å². The summed E-state index contributed by atoms with van der Waals surface area (Å²) < 4.78 is 0. The summed E-state index contributed by atoms with van der Waals surface area (Å²) in [6.07, 6.45) is 3.27. The minimum Gasteiger partial charge on any atom is -0.310 e. The topological polar surface area (TPSA) is 3.24 Å². The molecule has 1 nitrogen and oxygen atoms in total. The molecule has 0 aliphatic heterocycles. The maximum atomic E-state index is 4.88. The molecular weight excluding hydrogens is 542 g/mol. The minimum absolute atomic E-state index is 0.381. The Hall–Kier alpha value is -5.40. The summed E-state index contributed by atoms with van der Waals surface area (Å²) in [5.41, 5.74) is 16.0. The lowest BCUT2D eigenvalue weighted by Crippen LogP contribution is -2.44. The van der Waals surface area contributed by atoms with E-state index >= 15 is 0 Å². The van der Waals surface area contributed by atoms with Crippen LogP contribution >= 0.6 is 0 Å². The first kappa shape index (κ1) is 26.0. The molecule has 0 fully saturated rings. The van der Waals surface area contributed by atoms with Crippen molar-refractivity contribution in [3.8, 4) is 0 Å². The fraction of sp³-hybridized carbons (Fsp3) is 0.0909. The number of hydrogen-bond acceptors (Lipinski definition) is 1. The number of allylic oxidation sites excluding steroid dienone is 2. The highest BCUT2D eigenvalue weighted by Gasteiger charge is 2.57. The molecule has 2 spiro atoms. The quantitative estimate of drug-likeness (QED) is 0.190. The fourth-order valence-electron chi connectivity index (χ4n) is 8.83. The summed E-state index contributed by atoms with van der Waals surface area (Å²) in [4.78, 5) is 2.38. The Morgan fingerprint density at radius 1 is 0.489 bits per heavy atom. The molecule has 0 amide bonds. The lowest BCUT2D eigenvalue weighted by atomic mass is 9.52. The average molecular weight is 576 g/mol. The van der Waals surface area contributed by atoms with Crippen LogP contribution in [-0.4, -0.2) is 0 Å². The van der Waals surface area contributed by atoms with Crippen LogP contribution in [0.3, 0.4) is 0 Å². The number of nitrogens with zero attached hydrogens (tertiary/aromatic N) is 1. The van der Waals surface area contributed by atoms with E-state index in [2.05, 4.69) is 170 Å². The van der Waals surface area contributed by atoms with E-state index in [-0.39, 0.29) is 5.41 Å². The SMILES string of the molecule is C=C1Cc2ccccc2C12c1ccccc1C1(C(C)=Cc3ccccc31)c1ccc(N(c3ccccc3)c3ccccc3)cc12. The van der Waals surface area contributed by atoms with E-state index in [1.807, 2.05) is 0 Å². The van der Waals surface area contributed by atoms with Crippen LogP contribution in [0.2, 0.25) is 0 Å². The third-order valence-corrected chi connectivity index (χ3v) is 10.5. The van der Waals surface area contributed by atoms with Gasteiger partial charge in [0.15, 0.2) is 0 Å². The molecule has 0 heterocycles. The van der Waals surface area contributed by atoms with E-state index in [0.29, 0.717) is 0 Å². The van der Waals surface area contributed by atoms with Gasteiger partial charge < -0.3 is 4.90 Å². The summed E-state index contributed by atoms with van der Waals surface area (Å²) in [6.45, 7) is 7.21. The Balaban J connectivity index is 1.42. The van der Waals surface area contributed by atoms with Gasteiger partial charge in [0.25, 0.3) is 0 Å². The molecule has 1 heteroatoms. The zero-order valence-electron chi connectivity index (χ0n) is 25.4. The first-order valence-corrected chi connectivity index (χ1v) is 15.9. The Bertz CT molecular complexity index is 2130. The number of fused-ring (bicyclic) bond motifs is 10. The number of para-hydroxylation sites is 2. The van der Waals surface area contributed by atoms with Gasteiger partial charge in [0.2, 0.25) is 0 Å².